The molecule has 0 aromatic heterocycles. The molecule has 6 aromatic carbocycles. The molecule has 2 heteroatoms. The first-order valence-corrected chi connectivity index (χ1v) is 19.0. The van der Waals surface area contributed by atoms with Crippen LogP contribution in [-0.4, -0.2) is 11.6 Å². The maximum absolute atomic E-state index is 15.0. The zero-order valence-corrected chi connectivity index (χ0v) is 31.0. The van der Waals surface area contributed by atoms with Crippen LogP contribution in [0.25, 0.3) is 23.3 Å². The number of carbonyl (C=O) groups excluding carboxylic acids is 2. The lowest BCUT2D eigenvalue weighted by atomic mass is 9.50. The molecule has 4 aliphatic rings. The van der Waals surface area contributed by atoms with Crippen molar-refractivity contribution in [2.75, 3.05) is 0 Å². The molecule has 0 aliphatic heterocycles. The average molecular weight is 715 g/mol. The predicted octanol–water partition coefficient (Wildman–Crippen LogP) is 11.2. The maximum atomic E-state index is 15.0. The minimum absolute atomic E-state index is 0.0666. The van der Waals surface area contributed by atoms with Crippen LogP contribution in [0.3, 0.4) is 0 Å². The summed E-state index contributed by atoms with van der Waals surface area (Å²) in [5, 5.41) is 0. The lowest BCUT2D eigenvalue weighted by Crippen LogP contribution is -2.44. The second kappa shape index (κ2) is 12.7. The van der Waals surface area contributed by atoms with Gasteiger partial charge in [-0.1, -0.05) is 133 Å². The fraction of sp³-hybridized carbons (Fsp3) is 0.111. The van der Waals surface area contributed by atoms with Gasteiger partial charge >= 0.3 is 0 Å². The van der Waals surface area contributed by atoms with E-state index in [1.165, 1.54) is 0 Å². The third kappa shape index (κ3) is 4.82. The van der Waals surface area contributed by atoms with E-state index in [1.807, 2.05) is 146 Å². The number of benzene rings is 6. The Bertz CT molecular complexity index is 2760. The van der Waals surface area contributed by atoms with Crippen LogP contribution in [0.1, 0.15) is 102 Å². The number of Topliss-reactive ketones (excluding diaryl/α,β-unsaturated/α-hetero) is 2. The third-order valence-electron chi connectivity index (χ3n) is 12.3. The monoisotopic (exact) mass is 714 g/mol. The molecule has 262 valence electrons. The molecular formula is C54H34O2. The Morgan fingerprint density at radius 2 is 0.804 bits per heavy atom. The molecule has 0 N–H and O–H groups in total. The van der Waals surface area contributed by atoms with Gasteiger partial charge < -0.3 is 0 Å². The smallest absolute Gasteiger partial charge is 0.174 e. The molecule has 0 saturated carbocycles. The van der Waals surface area contributed by atoms with Crippen molar-refractivity contribution in [3.8, 4) is 23.7 Å². The van der Waals surface area contributed by atoms with E-state index in [2.05, 4.69) is 61.1 Å². The van der Waals surface area contributed by atoms with E-state index in [0.29, 0.717) is 11.1 Å². The summed E-state index contributed by atoms with van der Waals surface area (Å²) in [6, 6.07) is 47.9. The Morgan fingerprint density at radius 3 is 1.23 bits per heavy atom. The molecule has 0 radical (unpaired) electrons. The van der Waals surface area contributed by atoms with Crippen LogP contribution >= 0.6 is 0 Å². The van der Waals surface area contributed by atoms with Crippen molar-refractivity contribution in [3.05, 3.63) is 224 Å². The van der Waals surface area contributed by atoms with Crippen LogP contribution in [0.2, 0.25) is 0 Å². The molecule has 0 heterocycles. The predicted molar refractivity (Wildman–Crippen MR) is 224 cm³/mol. The van der Waals surface area contributed by atoms with E-state index in [1.54, 1.807) is 0 Å². The highest BCUT2D eigenvalue weighted by atomic mass is 16.1. The van der Waals surface area contributed by atoms with Crippen molar-refractivity contribution >= 4 is 34.9 Å². The first-order chi connectivity index (χ1) is 27.4. The number of carbonyl (C=O) groups is 2. The van der Waals surface area contributed by atoms with Crippen molar-refractivity contribution < 1.29 is 9.59 Å². The second-order valence-corrected chi connectivity index (χ2v) is 15.3. The minimum atomic E-state index is -0.948. The quantitative estimate of drug-likeness (QED) is 0.132. The molecule has 0 fully saturated rings. The molecule has 10 rings (SSSR count). The van der Waals surface area contributed by atoms with E-state index in [9.17, 15) is 0 Å². The maximum Gasteiger partial charge on any atom is 0.174 e. The van der Waals surface area contributed by atoms with Crippen molar-refractivity contribution in [2.24, 2.45) is 10.8 Å². The summed E-state index contributed by atoms with van der Waals surface area (Å²) < 4.78 is 0. The van der Waals surface area contributed by atoms with Crippen LogP contribution in [0.5, 0.6) is 0 Å². The zero-order valence-electron chi connectivity index (χ0n) is 31.0. The van der Waals surface area contributed by atoms with Crippen LogP contribution in [0, 0.1) is 34.5 Å². The Labute approximate surface area is 327 Å². The van der Waals surface area contributed by atoms with Crippen molar-refractivity contribution in [1.29, 1.82) is 0 Å². The van der Waals surface area contributed by atoms with Gasteiger partial charge in [-0.05, 0) is 95.8 Å². The van der Waals surface area contributed by atoms with E-state index in [0.717, 1.165) is 66.8 Å². The molecule has 0 spiro atoms. The standard InChI is InChI=1S/C54H34O2/c1-53-45(33-31-39-21-11-9-19-37(39)29-27-35-15-5-3-6-16-35)41-23-13-26-44-48(41)50-49(53)47-42(24-14-25-43(47)51(53)55)46(54(50,2)52(44)56)34-32-40-22-12-10-20-38(40)30-28-36-17-7-4-8-18-36/h3-26,31-32,49-50H,1-2H3/t33?,34?,49-,50-,53+,54+/m1/s1. The fourth-order valence-corrected chi connectivity index (χ4v) is 9.70. The molecule has 4 atom stereocenters. The molecule has 0 amide bonds. The van der Waals surface area contributed by atoms with Gasteiger partial charge in [0.1, 0.15) is 0 Å². The Morgan fingerprint density at radius 1 is 0.429 bits per heavy atom. The van der Waals surface area contributed by atoms with Crippen molar-refractivity contribution in [3.63, 3.8) is 0 Å². The number of hydrogen-bond acceptors (Lipinski definition) is 2. The number of hydrogen-bond donors (Lipinski definition) is 0. The molecule has 0 unspecified atom stereocenters. The van der Waals surface area contributed by atoms with E-state index in [4.69, 9.17) is 0 Å². The first-order valence-electron chi connectivity index (χ1n) is 19.0. The van der Waals surface area contributed by atoms with Crippen molar-refractivity contribution in [2.45, 2.75) is 25.7 Å². The topological polar surface area (TPSA) is 34.1 Å². The van der Waals surface area contributed by atoms with Gasteiger partial charge in [-0.3, -0.25) is 9.59 Å². The zero-order chi connectivity index (χ0) is 38.0. The van der Waals surface area contributed by atoms with Gasteiger partial charge in [0.2, 0.25) is 0 Å². The van der Waals surface area contributed by atoms with Gasteiger partial charge in [-0.25, -0.2) is 0 Å². The summed E-state index contributed by atoms with van der Waals surface area (Å²) in [6.07, 6.45) is 3.94. The SMILES string of the molecule is C[C@@]12C(=O)c3cccc4c3[C@@H]1[C@H]1c3c(cccc3C2=C=Cc2ccccc2C#Cc2ccccc2)C(=O)[C@@]1(C)C4=C=Cc1ccccc1C#Cc1ccccc1. The summed E-state index contributed by atoms with van der Waals surface area (Å²) in [5.41, 5.74) is 17.9. The fourth-order valence-electron chi connectivity index (χ4n) is 9.70. The highest BCUT2D eigenvalue weighted by molar-refractivity contribution is 6.21. The third-order valence-corrected chi connectivity index (χ3v) is 12.3. The highest BCUT2D eigenvalue weighted by Crippen LogP contribution is 2.75. The molecule has 0 saturated heterocycles. The molecular weight excluding hydrogens is 681 g/mol. The lowest BCUT2D eigenvalue weighted by molar-refractivity contribution is 0.0785. The second-order valence-electron chi connectivity index (χ2n) is 15.3. The summed E-state index contributed by atoms with van der Waals surface area (Å²) in [4.78, 5) is 30.1. The molecule has 56 heavy (non-hydrogen) atoms. The van der Waals surface area contributed by atoms with E-state index >= 15 is 9.59 Å². The Kier molecular flexibility index (Phi) is 7.58. The van der Waals surface area contributed by atoms with E-state index in [-0.39, 0.29) is 23.4 Å². The molecule has 6 aromatic rings. The minimum Gasteiger partial charge on any atom is -0.293 e. The van der Waals surface area contributed by atoms with Gasteiger partial charge in [0.15, 0.2) is 11.6 Å². The number of allylic oxidation sites excluding steroid dienone is 2. The van der Waals surface area contributed by atoms with Gasteiger partial charge in [-0.15, -0.1) is 11.5 Å². The molecule has 4 aliphatic carbocycles. The van der Waals surface area contributed by atoms with Gasteiger partial charge in [0, 0.05) is 56.4 Å². The average Bonchev–Trinajstić information content (AvgIpc) is 3.61. The summed E-state index contributed by atoms with van der Waals surface area (Å²) in [6.45, 7) is 4.15. The van der Waals surface area contributed by atoms with Crippen LogP contribution < -0.4 is 0 Å². The highest BCUT2D eigenvalue weighted by Gasteiger charge is 2.69. The van der Waals surface area contributed by atoms with Crippen LogP contribution in [0.15, 0.2) is 157 Å². The largest absolute Gasteiger partial charge is 0.293 e. The Balaban J connectivity index is 1.17. The van der Waals surface area contributed by atoms with Crippen molar-refractivity contribution in [1.82, 2.24) is 0 Å². The molecule has 2 nitrogen and oxygen atoms in total. The molecule has 0 bridgehead atoms. The lowest BCUT2D eigenvalue weighted by Gasteiger charge is -2.50. The van der Waals surface area contributed by atoms with Crippen LogP contribution in [0.4, 0.5) is 0 Å². The normalized spacial score (nSPS) is 21.5. The van der Waals surface area contributed by atoms with Gasteiger partial charge in [0.25, 0.3) is 0 Å². The summed E-state index contributed by atoms with van der Waals surface area (Å²) in [7, 11) is 0. The van der Waals surface area contributed by atoms with Gasteiger partial charge in [-0.2, -0.15) is 0 Å². The van der Waals surface area contributed by atoms with Gasteiger partial charge in [0.05, 0.1) is 10.8 Å². The summed E-state index contributed by atoms with van der Waals surface area (Å²) in [5.74, 6) is 12.9. The first kappa shape index (κ1) is 33.4. The Hall–Kier alpha value is -7.18. The van der Waals surface area contributed by atoms with E-state index < -0.39 is 10.8 Å². The summed E-state index contributed by atoms with van der Waals surface area (Å²) >= 11 is 0. The van der Waals surface area contributed by atoms with Crippen LogP contribution in [-0.2, 0) is 0 Å². The number of rotatable bonds is 2. The number of ketones is 2.